The summed E-state index contributed by atoms with van der Waals surface area (Å²) in [6, 6.07) is 5.01. The fraction of sp³-hybridized carbons (Fsp3) is 0.538. The summed E-state index contributed by atoms with van der Waals surface area (Å²) in [6.07, 6.45) is 3.02. The SMILES string of the molecule is CCCCOCCCNC(=O)c1cccc(N)n1. The largest absolute Gasteiger partial charge is 0.384 e. The minimum atomic E-state index is -0.198. The highest BCUT2D eigenvalue weighted by Gasteiger charge is 2.05. The van der Waals surface area contributed by atoms with Crippen LogP contribution in [0.25, 0.3) is 0 Å². The number of nitrogens with one attached hydrogen (secondary N) is 1. The molecule has 1 heterocycles. The van der Waals surface area contributed by atoms with Crippen LogP contribution in [-0.4, -0.2) is 30.6 Å². The number of carbonyl (C=O) groups is 1. The Labute approximate surface area is 108 Å². The lowest BCUT2D eigenvalue weighted by molar-refractivity contribution is 0.0935. The van der Waals surface area contributed by atoms with Crippen LogP contribution in [-0.2, 0) is 4.74 Å². The molecule has 1 rings (SSSR count). The first-order chi connectivity index (χ1) is 8.74. The molecule has 0 saturated heterocycles. The van der Waals surface area contributed by atoms with Gasteiger partial charge in [-0.05, 0) is 25.0 Å². The zero-order chi connectivity index (χ0) is 13.2. The van der Waals surface area contributed by atoms with E-state index in [2.05, 4.69) is 17.2 Å². The highest BCUT2D eigenvalue weighted by molar-refractivity contribution is 5.92. The molecule has 18 heavy (non-hydrogen) atoms. The summed E-state index contributed by atoms with van der Waals surface area (Å²) in [4.78, 5) is 15.6. The number of unbranched alkanes of at least 4 members (excludes halogenated alkanes) is 1. The van der Waals surface area contributed by atoms with Gasteiger partial charge in [0.2, 0.25) is 0 Å². The molecular formula is C13H21N3O2. The molecule has 0 aliphatic heterocycles. The Hall–Kier alpha value is -1.62. The number of pyridine rings is 1. The molecule has 0 aliphatic rings. The van der Waals surface area contributed by atoms with E-state index in [9.17, 15) is 4.79 Å². The van der Waals surface area contributed by atoms with Crippen molar-refractivity contribution in [2.24, 2.45) is 0 Å². The lowest BCUT2D eigenvalue weighted by Crippen LogP contribution is -2.26. The molecule has 1 aromatic heterocycles. The Morgan fingerprint density at radius 2 is 2.17 bits per heavy atom. The van der Waals surface area contributed by atoms with Gasteiger partial charge < -0.3 is 15.8 Å². The van der Waals surface area contributed by atoms with Crippen molar-refractivity contribution in [2.75, 3.05) is 25.5 Å². The van der Waals surface area contributed by atoms with Gasteiger partial charge in [0.25, 0.3) is 5.91 Å². The number of hydrogen-bond acceptors (Lipinski definition) is 4. The van der Waals surface area contributed by atoms with Gasteiger partial charge in [0.15, 0.2) is 0 Å². The molecule has 3 N–H and O–H groups in total. The molecule has 1 aromatic rings. The van der Waals surface area contributed by atoms with E-state index in [-0.39, 0.29) is 5.91 Å². The summed E-state index contributed by atoms with van der Waals surface area (Å²) >= 11 is 0. The molecule has 5 nitrogen and oxygen atoms in total. The summed E-state index contributed by atoms with van der Waals surface area (Å²) in [5.41, 5.74) is 5.86. The zero-order valence-electron chi connectivity index (χ0n) is 10.8. The Morgan fingerprint density at radius 3 is 2.89 bits per heavy atom. The predicted octanol–water partition coefficient (Wildman–Crippen LogP) is 1.60. The first kappa shape index (κ1) is 14.4. The van der Waals surface area contributed by atoms with Crippen LogP contribution in [0.15, 0.2) is 18.2 Å². The molecule has 0 unspecified atom stereocenters. The van der Waals surface area contributed by atoms with Crippen LogP contribution < -0.4 is 11.1 Å². The smallest absolute Gasteiger partial charge is 0.269 e. The average molecular weight is 251 g/mol. The Morgan fingerprint density at radius 1 is 1.39 bits per heavy atom. The van der Waals surface area contributed by atoms with Crippen molar-refractivity contribution in [3.05, 3.63) is 23.9 Å². The Balaban J connectivity index is 2.14. The molecule has 0 radical (unpaired) electrons. The number of rotatable bonds is 8. The second kappa shape index (κ2) is 8.47. The number of ether oxygens (including phenoxy) is 1. The van der Waals surface area contributed by atoms with E-state index in [1.165, 1.54) is 0 Å². The number of anilines is 1. The van der Waals surface area contributed by atoms with E-state index in [1.54, 1.807) is 18.2 Å². The summed E-state index contributed by atoms with van der Waals surface area (Å²) in [7, 11) is 0. The molecule has 0 bridgehead atoms. The minimum Gasteiger partial charge on any atom is -0.384 e. The summed E-state index contributed by atoms with van der Waals surface area (Å²) in [5.74, 6) is 0.154. The molecule has 0 atom stereocenters. The van der Waals surface area contributed by atoms with E-state index in [0.29, 0.717) is 24.7 Å². The van der Waals surface area contributed by atoms with Gasteiger partial charge in [-0.3, -0.25) is 4.79 Å². The standard InChI is InChI=1S/C13H21N3O2/c1-2-3-9-18-10-5-8-15-13(17)11-6-4-7-12(14)16-11/h4,6-7H,2-3,5,8-10H2,1H3,(H2,14,16)(H,15,17). The van der Waals surface area contributed by atoms with Crippen molar-refractivity contribution < 1.29 is 9.53 Å². The van der Waals surface area contributed by atoms with Crippen LogP contribution in [0.4, 0.5) is 5.82 Å². The van der Waals surface area contributed by atoms with E-state index in [4.69, 9.17) is 10.5 Å². The molecule has 1 amide bonds. The number of nitrogens with zero attached hydrogens (tertiary/aromatic N) is 1. The summed E-state index contributed by atoms with van der Waals surface area (Å²) in [6.45, 7) is 4.18. The molecule has 0 fully saturated rings. The molecular weight excluding hydrogens is 230 g/mol. The maximum absolute atomic E-state index is 11.7. The third-order valence-electron chi connectivity index (χ3n) is 2.40. The highest BCUT2D eigenvalue weighted by Crippen LogP contribution is 2.00. The van der Waals surface area contributed by atoms with Crippen LogP contribution >= 0.6 is 0 Å². The third kappa shape index (κ3) is 5.63. The van der Waals surface area contributed by atoms with E-state index < -0.39 is 0 Å². The third-order valence-corrected chi connectivity index (χ3v) is 2.40. The maximum Gasteiger partial charge on any atom is 0.269 e. The quantitative estimate of drug-likeness (QED) is 0.688. The van der Waals surface area contributed by atoms with E-state index in [1.807, 2.05) is 0 Å². The fourth-order valence-electron chi connectivity index (χ4n) is 1.39. The van der Waals surface area contributed by atoms with Crippen molar-refractivity contribution in [1.29, 1.82) is 0 Å². The van der Waals surface area contributed by atoms with Gasteiger partial charge in [0, 0.05) is 19.8 Å². The Kier molecular flexibility index (Phi) is 6.79. The van der Waals surface area contributed by atoms with Gasteiger partial charge in [-0.15, -0.1) is 0 Å². The fourth-order valence-corrected chi connectivity index (χ4v) is 1.39. The van der Waals surface area contributed by atoms with Crippen molar-refractivity contribution >= 4 is 11.7 Å². The molecule has 100 valence electrons. The van der Waals surface area contributed by atoms with Crippen molar-refractivity contribution in [2.45, 2.75) is 26.2 Å². The van der Waals surface area contributed by atoms with Gasteiger partial charge in [0.1, 0.15) is 11.5 Å². The van der Waals surface area contributed by atoms with Gasteiger partial charge in [-0.1, -0.05) is 19.4 Å². The first-order valence-corrected chi connectivity index (χ1v) is 6.32. The number of nitrogen functional groups attached to an aromatic ring is 1. The normalized spacial score (nSPS) is 10.3. The maximum atomic E-state index is 11.7. The van der Waals surface area contributed by atoms with Crippen LogP contribution in [0.2, 0.25) is 0 Å². The van der Waals surface area contributed by atoms with Crippen molar-refractivity contribution in [1.82, 2.24) is 10.3 Å². The zero-order valence-corrected chi connectivity index (χ0v) is 10.8. The van der Waals surface area contributed by atoms with E-state index in [0.717, 1.165) is 25.9 Å². The van der Waals surface area contributed by atoms with Crippen molar-refractivity contribution in [3.63, 3.8) is 0 Å². The van der Waals surface area contributed by atoms with Gasteiger partial charge >= 0.3 is 0 Å². The number of amides is 1. The van der Waals surface area contributed by atoms with Gasteiger partial charge in [-0.2, -0.15) is 0 Å². The van der Waals surface area contributed by atoms with Crippen molar-refractivity contribution in [3.8, 4) is 0 Å². The highest BCUT2D eigenvalue weighted by atomic mass is 16.5. The van der Waals surface area contributed by atoms with Crippen LogP contribution in [0, 0.1) is 0 Å². The molecule has 0 aliphatic carbocycles. The Bertz CT molecular complexity index is 369. The topological polar surface area (TPSA) is 77.2 Å². The average Bonchev–Trinajstić information content (AvgIpc) is 2.37. The predicted molar refractivity (Wildman–Crippen MR) is 71.3 cm³/mol. The van der Waals surface area contributed by atoms with Crippen LogP contribution in [0.5, 0.6) is 0 Å². The number of aromatic nitrogens is 1. The minimum absolute atomic E-state index is 0.198. The second-order valence-electron chi connectivity index (χ2n) is 4.02. The lowest BCUT2D eigenvalue weighted by Gasteiger charge is -2.06. The summed E-state index contributed by atoms with van der Waals surface area (Å²) in [5, 5.41) is 2.78. The van der Waals surface area contributed by atoms with Gasteiger partial charge in [0.05, 0.1) is 0 Å². The van der Waals surface area contributed by atoms with E-state index >= 15 is 0 Å². The first-order valence-electron chi connectivity index (χ1n) is 6.32. The molecule has 5 heteroatoms. The number of nitrogens with two attached hydrogens (primary N) is 1. The van der Waals surface area contributed by atoms with Crippen LogP contribution in [0.1, 0.15) is 36.7 Å². The molecule has 0 saturated carbocycles. The van der Waals surface area contributed by atoms with Crippen LogP contribution in [0.3, 0.4) is 0 Å². The molecule has 0 spiro atoms. The summed E-state index contributed by atoms with van der Waals surface area (Å²) < 4.78 is 5.39. The molecule has 0 aromatic carbocycles. The number of hydrogen-bond donors (Lipinski definition) is 2. The van der Waals surface area contributed by atoms with Gasteiger partial charge in [-0.25, -0.2) is 4.98 Å². The number of carbonyl (C=O) groups excluding carboxylic acids is 1. The monoisotopic (exact) mass is 251 g/mol. The second-order valence-corrected chi connectivity index (χ2v) is 4.02. The lowest BCUT2D eigenvalue weighted by atomic mass is 10.3.